The van der Waals surface area contributed by atoms with Gasteiger partial charge in [-0.05, 0) is 19.3 Å². The fourth-order valence-corrected chi connectivity index (χ4v) is 1.84. The van der Waals surface area contributed by atoms with E-state index in [0.717, 1.165) is 25.7 Å². The van der Waals surface area contributed by atoms with Crippen LogP contribution in [0.15, 0.2) is 0 Å². The van der Waals surface area contributed by atoms with E-state index in [-0.39, 0.29) is 24.7 Å². The molecule has 0 radical (unpaired) electrons. The number of amides is 1. The van der Waals surface area contributed by atoms with Crippen molar-refractivity contribution < 1.29 is 15.0 Å². The molecule has 16 heavy (non-hydrogen) atoms. The number of rotatable bonds is 7. The molecule has 1 amide bonds. The van der Waals surface area contributed by atoms with Crippen LogP contribution in [0.3, 0.4) is 0 Å². The number of carbonyl (C=O) groups is 1. The number of hydrogen-bond acceptors (Lipinski definition) is 4. The average Bonchev–Trinajstić information content (AvgIpc) is 2.70. The first-order valence-electron chi connectivity index (χ1n) is 6.04. The van der Waals surface area contributed by atoms with Crippen molar-refractivity contribution in [2.24, 2.45) is 0 Å². The Morgan fingerprint density at radius 3 is 2.69 bits per heavy atom. The fourth-order valence-electron chi connectivity index (χ4n) is 1.84. The van der Waals surface area contributed by atoms with E-state index in [1.165, 1.54) is 0 Å². The smallest absolute Gasteiger partial charge is 0.237 e. The van der Waals surface area contributed by atoms with Crippen molar-refractivity contribution in [2.75, 3.05) is 19.7 Å². The van der Waals surface area contributed by atoms with Gasteiger partial charge in [0.25, 0.3) is 0 Å². The second-order valence-electron chi connectivity index (χ2n) is 4.28. The molecule has 2 atom stereocenters. The van der Waals surface area contributed by atoms with E-state index >= 15 is 0 Å². The molecule has 2 unspecified atom stereocenters. The number of β-amino-alcohol motifs (C(OH)–C–C–N with tert-alkyl or cyclic N) is 1. The van der Waals surface area contributed by atoms with Crippen molar-refractivity contribution in [3.63, 3.8) is 0 Å². The van der Waals surface area contributed by atoms with Crippen LogP contribution in [-0.4, -0.2) is 48.0 Å². The van der Waals surface area contributed by atoms with Crippen molar-refractivity contribution >= 4 is 5.91 Å². The molecule has 0 spiro atoms. The Morgan fingerprint density at radius 2 is 2.06 bits per heavy atom. The lowest BCUT2D eigenvalue weighted by Crippen LogP contribution is -2.40. The molecule has 5 nitrogen and oxygen atoms in total. The summed E-state index contributed by atoms with van der Waals surface area (Å²) < 4.78 is 0. The molecule has 1 aliphatic heterocycles. The predicted octanol–water partition coefficient (Wildman–Crippen LogP) is -0.622. The molecule has 0 aromatic carbocycles. The van der Waals surface area contributed by atoms with E-state index < -0.39 is 0 Å². The second-order valence-corrected chi connectivity index (χ2v) is 4.28. The fraction of sp³-hybridized carbons (Fsp3) is 0.909. The van der Waals surface area contributed by atoms with Crippen LogP contribution in [0.5, 0.6) is 0 Å². The van der Waals surface area contributed by atoms with Crippen molar-refractivity contribution in [1.29, 1.82) is 0 Å². The molecule has 1 aliphatic rings. The van der Waals surface area contributed by atoms with Crippen LogP contribution in [-0.2, 0) is 4.79 Å². The quantitative estimate of drug-likeness (QED) is 0.439. The molecule has 4 N–H and O–H groups in total. The Kier molecular flexibility index (Phi) is 6.37. The minimum Gasteiger partial charge on any atom is -0.396 e. The standard InChI is InChI=1S/C11H22N2O3/c14-6-4-2-1-3-5-12-11(16)10-7-9(15)8-13-10/h9-10,13-15H,1-8H2,(H,12,16). The van der Waals surface area contributed by atoms with Crippen LogP contribution < -0.4 is 10.6 Å². The van der Waals surface area contributed by atoms with Gasteiger partial charge in [0.15, 0.2) is 0 Å². The van der Waals surface area contributed by atoms with Crippen molar-refractivity contribution in [3.8, 4) is 0 Å². The Hall–Kier alpha value is -0.650. The normalized spacial score (nSPS) is 24.6. The van der Waals surface area contributed by atoms with Crippen molar-refractivity contribution in [2.45, 2.75) is 44.2 Å². The molecule has 0 aromatic rings. The van der Waals surface area contributed by atoms with Gasteiger partial charge in [-0.25, -0.2) is 0 Å². The zero-order valence-corrected chi connectivity index (χ0v) is 9.61. The van der Waals surface area contributed by atoms with E-state index in [0.29, 0.717) is 19.5 Å². The molecule has 94 valence electrons. The number of aliphatic hydroxyl groups excluding tert-OH is 2. The summed E-state index contributed by atoms with van der Waals surface area (Å²) >= 11 is 0. The largest absolute Gasteiger partial charge is 0.396 e. The molecular weight excluding hydrogens is 208 g/mol. The average molecular weight is 230 g/mol. The maximum Gasteiger partial charge on any atom is 0.237 e. The summed E-state index contributed by atoms with van der Waals surface area (Å²) in [6.07, 6.45) is 3.94. The Morgan fingerprint density at radius 1 is 1.31 bits per heavy atom. The van der Waals surface area contributed by atoms with Gasteiger partial charge in [0.1, 0.15) is 0 Å². The summed E-state index contributed by atoms with van der Waals surface area (Å²) in [6, 6.07) is -0.229. The molecule has 0 aliphatic carbocycles. The summed E-state index contributed by atoms with van der Waals surface area (Å²) in [5.41, 5.74) is 0. The monoisotopic (exact) mass is 230 g/mol. The zero-order chi connectivity index (χ0) is 11.8. The first-order chi connectivity index (χ1) is 7.74. The molecule has 5 heteroatoms. The number of aliphatic hydroxyl groups is 2. The summed E-state index contributed by atoms with van der Waals surface area (Å²) in [5, 5.41) is 23.6. The highest BCUT2D eigenvalue weighted by Crippen LogP contribution is 2.06. The molecule has 0 bridgehead atoms. The minimum absolute atomic E-state index is 0.0151. The van der Waals surface area contributed by atoms with E-state index in [9.17, 15) is 9.90 Å². The first kappa shape index (κ1) is 13.4. The molecule has 1 heterocycles. The Balaban J connectivity index is 1.98. The summed E-state index contributed by atoms with van der Waals surface area (Å²) in [4.78, 5) is 11.6. The highest BCUT2D eigenvalue weighted by molar-refractivity contribution is 5.82. The van der Waals surface area contributed by atoms with Gasteiger partial charge in [-0.1, -0.05) is 12.8 Å². The van der Waals surface area contributed by atoms with Gasteiger partial charge in [-0.15, -0.1) is 0 Å². The molecular formula is C11H22N2O3. The summed E-state index contributed by atoms with van der Waals surface area (Å²) in [6.45, 7) is 1.43. The third kappa shape index (κ3) is 4.92. The van der Waals surface area contributed by atoms with Crippen LogP contribution in [0.25, 0.3) is 0 Å². The van der Waals surface area contributed by atoms with Crippen LogP contribution in [0.1, 0.15) is 32.1 Å². The van der Waals surface area contributed by atoms with Crippen molar-refractivity contribution in [1.82, 2.24) is 10.6 Å². The van der Waals surface area contributed by atoms with Gasteiger partial charge < -0.3 is 20.8 Å². The molecule has 1 fully saturated rings. The maximum atomic E-state index is 11.6. The molecule has 0 aromatic heterocycles. The summed E-state index contributed by atoms with van der Waals surface area (Å²) in [5.74, 6) is -0.0151. The highest BCUT2D eigenvalue weighted by atomic mass is 16.3. The number of carbonyl (C=O) groups excluding carboxylic acids is 1. The van der Waals surface area contributed by atoms with Crippen LogP contribution >= 0.6 is 0 Å². The van der Waals surface area contributed by atoms with Crippen molar-refractivity contribution in [3.05, 3.63) is 0 Å². The van der Waals surface area contributed by atoms with E-state index in [2.05, 4.69) is 10.6 Å². The Bertz CT molecular complexity index is 211. The van der Waals surface area contributed by atoms with E-state index in [4.69, 9.17) is 5.11 Å². The molecule has 1 rings (SSSR count). The second kappa shape index (κ2) is 7.60. The topological polar surface area (TPSA) is 81.6 Å². The van der Waals surface area contributed by atoms with Gasteiger partial charge in [-0.2, -0.15) is 0 Å². The van der Waals surface area contributed by atoms with Gasteiger partial charge >= 0.3 is 0 Å². The number of nitrogens with one attached hydrogen (secondary N) is 2. The van der Waals surface area contributed by atoms with Gasteiger partial charge in [0, 0.05) is 19.7 Å². The van der Waals surface area contributed by atoms with Gasteiger partial charge in [0.05, 0.1) is 12.1 Å². The predicted molar refractivity (Wildman–Crippen MR) is 61.0 cm³/mol. The first-order valence-corrected chi connectivity index (χ1v) is 6.04. The lowest BCUT2D eigenvalue weighted by atomic mass is 10.1. The lowest BCUT2D eigenvalue weighted by molar-refractivity contribution is -0.122. The third-order valence-electron chi connectivity index (χ3n) is 2.81. The van der Waals surface area contributed by atoms with Gasteiger partial charge in [-0.3, -0.25) is 4.79 Å². The van der Waals surface area contributed by atoms with Crippen LogP contribution in [0, 0.1) is 0 Å². The SMILES string of the molecule is O=C(NCCCCCCO)C1CC(O)CN1. The Labute approximate surface area is 96.2 Å². The van der Waals surface area contributed by atoms with Crippen LogP contribution in [0.4, 0.5) is 0 Å². The molecule has 0 saturated carbocycles. The zero-order valence-electron chi connectivity index (χ0n) is 9.61. The van der Waals surface area contributed by atoms with Gasteiger partial charge in [0.2, 0.25) is 5.91 Å². The summed E-state index contributed by atoms with van der Waals surface area (Å²) in [7, 11) is 0. The maximum absolute atomic E-state index is 11.6. The third-order valence-corrected chi connectivity index (χ3v) is 2.81. The number of hydrogen-bond donors (Lipinski definition) is 4. The van der Waals surface area contributed by atoms with Crippen LogP contribution in [0.2, 0.25) is 0 Å². The van der Waals surface area contributed by atoms with E-state index in [1.807, 2.05) is 0 Å². The van der Waals surface area contributed by atoms with E-state index in [1.54, 1.807) is 0 Å². The minimum atomic E-state index is -0.389. The number of unbranched alkanes of at least 4 members (excludes halogenated alkanes) is 3. The highest BCUT2D eigenvalue weighted by Gasteiger charge is 2.27. The molecule has 1 saturated heterocycles. The lowest BCUT2D eigenvalue weighted by Gasteiger charge is -2.10.